The number of carbonyl (C=O) groups is 1. The van der Waals surface area contributed by atoms with Gasteiger partial charge in [-0.3, -0.25) is 4.79 Å². The van der Waals surface area contributed by atoms with Crippen molar-refractivity contribution >= 4 is 32.6 Å². The van der Waals surface area contributed by atoms with Crippen LogP contribution in [0.3, 0.4) is 0 Å². The highest BCUT2D eigenvalue weighted by atomic mass is 32.1. The van der Waals surface area contributed by atoms with Crippen LogP contribution in [0.2, 0.25) is 0 Å². The Morgan fingerprint density at radius 1 is 1.00 bits per heavy atom. The minimum atomic E-state index is 0.0601. The van der Waals surface area contributed by atoms with Crippen LogP contribution in [0.1, 0.15) is 5.56 Å². The number of piperazine rings is 1. The van der Waals surface area contributed by atoms with E-state index < -0.39 is 0 Å². The first-order chi connectivity index (χ1) is 12.8. The summed E-state index contributed by atoms with van der Waals surface area (Å²) < 4.78 is 6.77. The van der Waals surface area contributed by atoms with Gasteiger partial charge in [0.25, 0.3) is 0 Å². The number of carbonyl (C=O) groups excluding carboxylic acids is 1. The average molecular weight is 367 g/mol. The number of hydrogen-bond donors (Lipinski definition) is 0. The normalized spacial score (nSPS) is 14.8. The van der Waals surface area contributed by atoms with Crippen LogP contribution < -0.4 is 4.90 Å². The first-order valence-electron chi connectivity index (χ1n) is 8.79. The summed E-state index contributed by atoms with van der Waals surface area (Å²) in [6, 6.07) is 18.1. The third-order valence-corrected chi connectivity index (χ3v) is 5.62. The SMILES string of the molecule is O=C(COCc1ccccc1)N1CCN(c2nc3ccccc3s2)CC1. The third kappa shape index (κ3) is 3.86. The third-order valence-electron chi connectivity index (χ3n) is 4.52. The molecule has 0 saturated carbocycles. The lowest BCUT2D eigenvalue weighted by atomic mass is 10.2. The fraction of sp³-hybridized carbons (Fsp3) is 0.300. The second-order valence-corrected chi connectivity index (χ2v) is 7.32. The van der Waals surface area contributed by atoms with Gasteiger partial charge in [0.1, 0.15) is 6.61 Å². The molecule has 4 rings (SSSR count). The monoisotopic (exact) mass is 367 g/mol. The van der Waals surface area contributed by atoms with E-state index in [1.165, 1.54) is 4.70 Å². The number of fused-ring (bicyclic) bond motifs is 1. The zero-order valence-corrected chi connectivity index (χ0v) is 15.3. The fourth-order valence-electron chi connectivity index (χ4n) is 3.06. The van der Waals surface area contributed by atoms with Crippen LogP contribution in [0.4, 0.5) is 5.13 Å². The molecule has 26 heavy (non-hydrogen) atoms. The lowest BCUT2D eigenvalue weighted by Gasteiger charge is -2.34. The molecule has 0 radical (unpaired) electrons. The Morgan fingerprint density at radius 3 is 2.50 bits per heavy atom. The van der Waals surface area contributed by atoms with Crippen LogP contribution in [-0.2, 0) is 16.1 Å². The number of amides is 1. The molecular formula is C20H21N3O2S. The number of anilines is 1. The van der Waals surface area contributed by atoms with E-state index in [1.54, 1.807) is 11.3 Å². The molecule has 0 unspecified atom stereocenters. The molecule has 1 aliphatic rings. The van der Waals surface area contributed by atoms with Gasteiger partial charge in [-0.15, -0.1) is 0 Å². The number of ether oxygens (including phenoxy) is 1. The van der Waals surface area contributed by atoms with Gasteiger partial charge in [0, 0.05) is 26.2 Å². The van der Waals surface area contributed by atoms with E-state index >= 15 is 0 Å². The minimum absolute atomic E-state index is 0.0601. The number of hydrogen-bond acceptors (Lipinski definition) is 5. The second kappa shape index (κ2) is 7.85. The molecule has 3 aromatic rings. The Hall–Kier alpha value is -2.44. The van der Waals surface area contributed by atoms with Crippen molar-refractivity contribution in [1.29, 1.82) is 0 Å². The van der Waals surface area contributed by atoms with Crippen molar-refractivity contribution in [3.05, 3.63) is 60.2 Å². The molecule has 5 nitrogen and oxygen atoms in total. The van der Waals surface area contributed by atoms with Gasteiger partial charge in [-0.05, 0) is 17.7 Å². The molecule has 0 N–H and O–H groups in total. The quantitative estimate of drug-likeness (QED) is 0.695. The van der Waals surface area contributed by atoms with Crippen LogP contribution in [0, 0.1) is 0 Å². The molecule has 0 aliphatic carbocycles. The molecule has 1 saturated heterocycles. The predicted octanol–water partition coefficient (Wildman–Crippen LogP) is 3.16. The van der Waals surface area contributed by atoms with Crippen LogP contribution in [0.25, 0.3) is 10.2 Å². The summed E-state index contributed by atoms with van der Waals surface area (Å²) in [4.78, 5) is 21.2. The van der Waals surface area contributed by atoms with Crippen LogP contribution in [-0.4, -0.2) is 48.6 Å². The summed E-state index contributed by atoms with van der Waals surface area (Å²) in [5.41, 5.74) is 2.13. The van der Waals surface area contributed by atoms with Crippen molar-refractivity contribution in [2.45, 2.75) is 6.61 Å². The maximum absolute atomic E-state index is 12.3. The Bertz CT molecular complexity index is 840. The molecule has 6 heteroatoms. The highest BCUT2D eigenvalue weighted by Crippen LogP contribution is 2.29. The first-order valence-corrected chi connectivity index (χ1v) is 9.61. The maximum Gasteiger partial charge on any atom is 0.248 e. The van der Waals surface area contributed by atoms with E-state index in [-0.39, 0.29) is 12.5 Å². The average Bonchev–Trinajstić information content (AvgIpc) is 3.13. The van der Waals surface area contributed by atoms with E-state index in [0.29, 0.717) is 19.7 Å². The first kappa shape index (κ1) is 17.0. The van der Waals surface area contributed by atoms with Gasteiger partial charge in [-0.1, -0.05) is 53.8 Å². The number of nitrogens with zero attached hydrogens (tertiary/aromatic N) is 3. The van der Waals surface area contributed by atoms with Gasteiger partial charge in [0.15, 0.2) is 5.13 Å². The molecular weight excluding hydrogens is 346 g/mol. The molecule has 1 aromatic heterocycles. The van der Waals surface area contributed by atoms with Crippen LogP contribution >= 0.6 is 11.3 Å². The number of thiazole rings is 1. The zero-order valence-electron chi connectivity index (χ0n) is 14.5. The molecule has 0 bridgehead atoms. The molecule has 1 fully saturated rings. The van der Waals surface area contributed by atoms with Crippen molar-refractivity contribution in [3.8, 4) is 0 Å². The summed E-state index contributed by atoms with van der Waals surface area (Å²) in [7, 11) is 0. The highest BCUT2D eigenvalue weighted by Gasteiger charge is 2.23. The summed E-state index contributed by atoms with van der Waals surface area (Å²) >= 11 is 1.71. The predicted molar refractivity (Wildman–Crippen MR) is 105 cm³/mol. The van der Waals surface area contributed by atoms with E-state index in [4.69, 9.17) is 9.72 Å². The Balaban J connectivity index is 1.27. The number of aromatic nitrogens is 1. The van der Waals surface area contributed by atoms with Gasteiger partial charge in [0.2, 0.25) is 5.91 Å². The lowest BCUT2D eigenvalue weighted by Crippen LogP contribution is -2.49. The van der Waals surface area contributed by atoms with Crippen molar-refractivity contribution in [1.82, 2.24) is 9.88 Å². The van der Waals surface area contributed by atoms with Crippen molar-refractivity contribution in [3.63, 3.8) is 0 Å². The van der Waals surface area contributed by atoms with Crippen LogP contribution in [0.15, 0.2) is 54.6 Å². The molecule has 0 spiro atoms. The molecule has 134 valence electrons. The van der Waals surface area contributed by atoms with Gasteiger partial charge < -0.3 is 14.5 Å². The van der Waals surface area contributed by atoms with Gasteiger partial charge in [-0.2, -0.15) is 0 Å². The highest BCUT2D eigenvalue weighted by molar-refractivity contribution is 7.22. The minimum Gasteiger partial charge on any atom is -0.367 e. The summed E-state index contributed by atoms with van der Waals surface area (Å²) in [6.45, 7) is 3.65. The molecule has 2 heterocycles. The van der Waals surface area contributed by atoms with Crippen molar-refractivity contribution in [2.24, 2.45) is 0 Å². The summed E-state index contributed by atoms with van der Waals surface area (Å²) in [5.74, 6) is 0.0601. The number of benzene rings is 2. The van der Waals surface area contributed by atoms with Gasteiger partial charge in [-0.25, -0.2) is 4.98 Å². The van der Waals surface area contributed by atoms with Gasteiger partial charge in [0.05, 0.1) is 16.8 Å². The summed E-state index contributed by atoms with van der Waals surface area (Å²) in [6.07, 6.45) is 0. The maximum atomic E-state index is 12.3. The smallest absolute Gasteiger partial charge is 0.248 e. The topological polar surface area (TPSA) is 45.7 Å². The Kier molecular flexibility index (Phi) is 5.13. The molecule has 1 amide bonds. The van der Waals surface area contributed by atoms with Gasteiger partial charge >= 0.3 is 0 Å². The van der Waals surface area contributed by atoms with E-state index in [2.05, 4.69) is 11.0 Å². The number of rotatable bonds is 5. The summed E-state index contributed by atoms with van der Waals surface area (Å²) in [5, 5.41) is 1.04. The standard InChI is InChI=1S/C20H21N3O2S/c24-19(15-25-14-16-6-2-1-3-7-16)22-10-12-23(13-11-22)20-21-17-8-4-5-9-18(17)26-20/h1-9H,10-15H2. The van der Waals surface area contributed by atoms with E-state index in [0.717, 1.165) is 29.3 Å². The number of para-hydroxylation sites is 1. The Morgan fingerprint density at radius 2 is 1.73 bits per heavy atom. The van der Waals surface area contributed by atoms with Crippen molar-refractivity contribution in [2.75, 3.05) is 37.7 Å². The second-order valence-electron chi connectivity index (χ2n) is 6.31. The van der Waals surface area contributed by atoms with E-state index in [1.807, 2.05) is 53.4 Å². The fourth-order valence-corrected chi connectivity index (χ4v) is 4.08. The molecule has 1 aliphatic heterocycles. The van der Waals surface area contributed by atoms with Crippen molar-refractivity contribution < 1.29 is 9.53 Å². The zero-order chi connectivity index (χ0) is 17.8. The molecule has 0 atom stereocenters. The lowest BCUT2D eigenvalue weighted by molar-refractivity contribution is -0.136. The molecule has 2 aromatic carbocycles. The Labute approximate surface area is 156 Å². The van der Waals surface area contributed by atoms with E-state index in [9.17, 15) is 4.79 Å². The van der Waals surface area contributed by atoms with Crippen LogP contribution in [0.5, 0.6) is 0 Å². The largest absolute Gasteiger partial charge is 0.367 e.